The Balaban J connectivity index is 1.94. The number of nitrogens with zero attached hydrogens (tertiary/aromatic N) is 1. The van der Waals surface area contributed by atoms with Gasteiger partial charge in [0, 0.05) is 26.2 Å². The first-order valence-corrected chi connectivity index (χ1v) is 6.24. The molecule has 2 N–H and O–H groups in total. The van der Waals surface area contributed by atoms with Crippen molar-refractivity contribution in [2.75, 3.05) is 33.4 Å². The standard InChI is InChI=1S/C12H22N2O3/c1-12(8-16-7-10(12)13)11(15)14(2)6-9-4-3-5-17-9/h9-10H,3-8,13H2,1-2H3. The monoisotopic (exact) mass is 242 g/mol. The van der Waals surface area contributed by atoms with E-state index in [0.29, 0.717) is 19.8 Å². The highest BCUT2D eigenvalue weighted by atomic mass is 16.5. The van der Waals surface area contributed by atoms with Gasteiger partial charge in [-0.1, -0.05) is 0 Å². The minimum absolute atomic E-state index is 0.0676. The first-order chi connectivity index (χ1) is 8.04. The molecule has 0 aromatic rings. The molecule has 0 radical (unpaired) electrons. The smallest absolute Gasteiger partial charge is 0.232 e. The second kappa shape index (κ2) is 4.92. The van der Waals surface area contributed by atoms with Gasteiger partial charge in [0.25, 0.3) is 0 Å². The Hall–Kier alpha value is -0.650. The number of carbonyl (C=O) groups is 1. The van der Waals surface area contributed by atoms with E-state index < -0.39 is 5.41 Å². The Morgan fingerprint density at radius 1 is 1.59 bits per heavy atom. The summed E-state index contributed by atoms with van der Waals surface area (Å²) in [5.74, 6) is 0.0676. The zero-order valence-corrected chi connectivity index (χ0v) is 10.6. The molecule has 5 heteroatoms. The first-order valence-electron chi connectivity index (χ1n) is 6.24. The molecule has 0 saturated carbocycles. The van der Waals surface area contributed by atoms with Crippen LogP contribution < -0.4 is 5.73 Å². The second-order valence-electron chi connectivity index (χ2n) is 5.36. The van der Waals surface area contributed by atoms with Gasteiger partial charge < -0.3 is 20.1 Å². The topological polar surface area (TPSA) is 64.8 Å². The molecular weight excluding hydrogens is 220 g/mol. The number of rotatable bonds is 3. The predicted molar refractivity (Wildman–Crippen MR) is 63.5 cm³/mol. The quantitative estimate of drug-likeness (QED) is 0.756. The first kappa shape index (κ1) is 12.8. The van der Waals surface area contributed by atoms with Crippen molar-refractivity contribution in [2.24, 2.45) is 11.1 Å². The average Bonchev–Trinajstić information content (AvgIpc) is 2.90. The normalized spacial score (nSPS) is 37.4. The molecule has 1 amide bonds. The molecule has 0 aromatic carbocycles. The van der Waals surface area contributed by atoms with E-state index in [1.165, 1.54) is 0 Å². The van der Waals surface area contributed by atoms with Crippen molar-refractivity contribution in [3.63, 3.8) is 0 Å². The van der Waals surface area contributed by atoms with Crippen LogP contribution in [0.25, 0.3) is 0 Å². The molecule has 3 atom stereocenters. The number of carbonyl (C=O) groups excluding carboxylic acids is 1. The lowest BCUT2D eigenvalue weighted by Gasteiger charge is -2.31. The summed E-state index contributed by atoms with van der Waals surface area (Å²) in [6.07, 6.45) is 2.31. The van der Waals surface area contributed by atoms with Crippen LogP contribution in [0.2, 0.25) is 0 Å². The Morgan fingerprint density at radius 2 is 2.35 bits per heavy atom. The van der Waals surface area contributed by atoms with Crippen molar-refractivity contribution < 1.29 is 14.3 Å². The van der Waals surface area contributed by atoms with E-state index in [1.807, 2.05) is 14.0 Å². The zero-order valence-electron chi connectivity index (χ0n) is 10.6. The van der Waals surface area contributed by atoms with Gasteiger partial charge in [-0.15, -0.1) is 0 Å². The van der Waals surface area contributed by atoms with E-state index in [2.05, 4.69) is 0 Å². The maximum Gasteiger partial charge on any atom is 0.232 e. The number of likely N-dealkylation sites (N-methyl/N-ethyl adjacent to an activating group) is 1. The van der Waals surface area contributed by atoms with Crippen LogP contribution in [0.3, 0.4) is 0 Å². The van der Waals surface area contributed by atoms with E-state index in [9.17, 15) is 4.79 Å². The average molecular weight is 242 g/mol. The molecule has 5 nitrogen and oxygen atoms in total. The Kier molecular flexibility index (Phi) is 3.70. The van der Waals surface area contributed by atoms with Crippen LogP contribution >= 0.6 is 0 Å². The molecule has 0 spiro atoms. The van der Waals surface area contributed by atoms with Gasteiger partial charge in [0.2, 0.25) is 5.91 Å². The number of ether oxygens (including phenoxy) is 2. The van der Waals surface area contributed by atoms with Crippen molar-refractivity contribution in [3.8, 4) is 0 Å². The van der Waals surface area contributed by atoms with Crippen LogP contribution in [-0.2, 0) is 14.3 Å². The van der Waals surface area contributed by atoms with E-state index in [1.54, 1.807) is 4.90 Å². The van der Waals surface area contributed by atoms with Gasteiger partial charge in [0.05, 0.1) is 24.7 Å². The fraction of sp³-hybridized carbons (Fsp3) is 0.917. The lowest BCUT2D eigenvalue weighted by atomic mass is 9.84. The van der Waals surface area contributed by atoms with Crippen molar-refractivity contribution >= 4 is 5.91 Å². The van der Waals surface area contributed by atoms with E-state index in [0.717, 1.165) is 19.4 Å². The van der Waals surface area contributed by atoms with Gasteiger partial charge in [0.15, 0.2) is 0 Å². The third-order valence-corrected chi connectivity index (χ3v) is 3.85. The van der Waals surface area contributed by atoms with Crippen molar-refractivity contribution in [1.82, 2.24) is 4.90 Å². The van der Waals surface area contributed by atoms with Crippen molar-refractivity contribution in [1.29, 1.82) is 0 Å². The van der Waals surface area contributed by atoms with Crippen molar-refractivity contribution in [2.45, 2.75) is 31.9 Å². The lowest BCUT2D eigenvalue weighted by molar-refractivity contribution is -0.141. The summed E-state index contributed by atoms with van der Waals surface area (Å²) in [5.41, 5.74) is 5.38. The van der Waals surface area contributed by atoms with Gasteiger partial charge in [-0.05, 0) is 19.8 Å². The molecule has 98 valence electrons. The number of hydrogen-bond donors (Lipinski definition) is 1. The third kappa shape index (κ3) is 2.46. The molecule has 2 fully saturated rings. The molecule has 2 rings (SSSR count). The summed E-state index contributed by atoms with van der Waals surface area (Å²) in [4.78, 5) is 14.1. The van der Waals surface area contributed by atoms with E-state index in [4.69, 9.17) is 15.2 Å². The molecule has 0 aromatic heterocycles. The highest BCUT2D eigenvalue weighted by molar-refractivity contribution is 5.83. The molecule has 0 aliphatic carbocycles. The molecule has 17 heavy (non-hydrogen) atoms. The lowest BCUT2D eigenvalue weighted by Crippen LogP contribution is -2.51. The summed E-state index contributed by atoms with van der Waals surface area (Å²) in [5, 5.41) is 0. The SMILES string of the molecule is CN(CC1CCCO1)C(=O)C1(C)COCC1N. The maximum atomic E-state index is 12.4. The Labute approximate surface area is 102 Å². The third-order valence-electron chi connectivity index (χ3n) is 3.85. The molecule has 0 bridgehead atoms. The van der Waals surface area contributed by atoms with Gasteiger partial charge in [-0.25, -0.2) is 0 Å². The summed E-state index contributed by atoms with van der Waals surface area (Å²) in [6, 6.07) is -0.207. The van der Waals surface area contributed by atoms with Crippen LogP contribution in [0.1, 0.15) is 19.8 Å². The van der Waals surface area contributed by atoms with Crippen LogP contribution in [0.5, 0.6) is 0 Å². The van der Waals surface area contributed by atoms with E-state index >= 15 is 0 Å². The number of nitrogens with two attached hydrogens (primary N) is 1. The van der Waals surface area contributed by atoms with Crippen LogP contribution in [0.4, 0.5) is 0 Å². The van der Waals surface area contributed by atoms with Gasteiger partial charge in [0.1, 0.15) is 0 Å². The highest BCUT2D eigenvalue weighted by Crippen LogP contribution is 2.29. The maximum absolute atomic E-state index is 12.4. The summed E-state index contributed by atoms with van der Waals surface area (Å²) in [7, 11) is 1.82. The minimum Gasteiger partial charge on any atom is -0.379 e. The van der Waals surface area contributed by atoms with Crippen LogP contribution in [0.15, 0.2) is 0 Å². The molecule has 2 aliphatic heterocycles. The van der Waals surface area contributed by atoms with Gasteiger partial charge >= 0.3 is 0 Å². The zero-order chi connectivity index (χ0) is 12.5. The van der Waals surface area contributed by atoms with Crippen LogP contribution in [-0.4, -0.2) is 56.4 Å². The Bertz CT molecular complexity index is 291. The highest BCUT2D eigenvalue weighted by Gasteiger charge is 2.46. The van der Waals surface area contributed by atoms with Crippen molar-refractivity contribution in [3.05, 3.63) is 0 Å². The summed E-state index contributed by atoms with van der Waals surface area (Å²) >= 11 is 0. The fourth-order valence-corrected chi connectivity index (χ4v) is 2.52. The van der Waals surface area contributed by atoms with Gasteiger partial charge in [-0.3, -0.25) is 4.79 Å². The van der Waals surface area contributed by atoms with E-state index in [-0.39, 0.29) is 18.1 Å². The number of amides is 1. The molecule has 2 saturated heterocycles. The fourth-order valence-electron chi connectivity index (χ4n) is 2.52. The molecular formula is C12H22N2O3. The second-order valence-corrected chi connectivity index (χ2v) is 5.36. The predicted octanol–water partition coefficient (Wildman–Crippen LogP) is -0.0124. The molecule has 2 aliphatic rings. The summed E-state index contributed by atoms with van der Waals surface area (Å²) in [6.45, 7) is 4.24. The summed E-state index contributed by atoms with van der Waals surface area (Å²) < 4.78 is 10.8. The van der Waals surface area contributed by atoms with Gasteiger partial charge in [-0.2, -0.15) is 0 Å². The molecule has 2 heterocycles. The largest absolute Gasteiger partial charge is 0.379 e. The van der Waals surface area contributed by atoms with Crippen LogP contribution in [0, 0.1) is 5.41 Å². The minimum atomic E-state index is -0.576. The number of hydrogen-bond acceptors (Lipinski definition) is 4. The molecule has 3 unspecified atom stereocenters. The Morgan fingerprint density at radius 3 is 2.88 bits per heavy atom.